The van der Waals surface area contributed by atoms with Crippen LogP contribution in [0.4, 0.5) is 10.5 Å². The number of amides is 3. The number of rotatable bonds is 9. The predicted molar refractivity (Wildman–Crippen MR) is 223 cm³/mol. The summed E-state index contributed by atoms with van der Waals surface area (Å²) in [6.45, 7) is 7.51. The van der Waals surface area contributed by atoms with Gasteiger partial charge in [-0.15, -0.1) is 0 Å². The topological polar surface area (TPSA) is 108 Å². The van der Waals surface area contributed by atoms with E-state index in [1.54, 1.807) is 53.2 Å². The molecule has 5 aromatic rings. The van der Waals surface area contributed by atoms with Crippen LogP contribution in [0.25, 0.3) is 11.3 Å². The number of hydrogen-bond donors (Lipinski definition) is 1. The molecule has 0 bridgehead atoms. The number of hydrogen-bond acceptors (Lipinski definition) is 7. The number of phenols is 1. The first kappa shape index (κ1) is 38.9. The molecule has 11 nitrogen and oxygen atoms in total. The number of carbonyl (C=O) groups excluding carboxylic acids is 3. The lowest BCUT2D eigenvalue weighted by Gasteiger charge is -2.38. The van der Waals surface area contributed by atoms with Crippen LogP contribution in [-0.2, 0) is 37.7 Å². The summed E-state index contributed by atoms with van der Waals surface area (Å²) < 4.78 is 13.3. The summed E-state index contributed by atoms with van der Waals surface area (Å²) in [7, 11) is 3.65. The van der Waals surface area contributed by atoms with E-state index >= 15 is 4.79 Å². The number of nitrogens with zero attached hydrogens (tertiary/aromatic N) is 5. The van der Waals surface area contributed by atoms with Crippen molar-refractivity contribution in [2.45, 2.75) is 51.7 Å². The van der Waals surface area contributed by atoms with Crippen molar-refractivity contribution < 1.29 is 29.0 Å². The zero-order valence-corrected chi connectivity index (χ0v) is 33.5. The molecule has 4 heterocycles. The zero-order chi connectivity index (χ0) is 40.3. The van der Waals surface area contributed by atoms with Crippen molar-refractivity contribution in [3.63, 3.8) is 0 Å². The SMILES string of the molecule is Cc1c(C(=O)N(C)c2ccc(O)cc2)cc(-c2cc3c(cc2C(=O)N2Cc4ccccc4C[C@H]2CCCN2CCOCC2)CN(C(=O)Oc2ccccc2)CC3)n1C. The molecule has 1 atom stereocenters. The maximum Gasteiger partial charge on any atom is 0.415 e. The van der Waals surface area contributed by atoms with Crippen LogP contribution in [0.2, 0.25) is 0 Å². The molecule has 11 heteroatoms. The van der Waals surface area contributed by atoms with Gasteiger partial charge >= 0.3 is 6.09 Å². The molecular formula is C47H51N5O6. The number of aromatic hydroxyl groups is 1. The summed E-state index contributed by atoms with van der Waals surface area (Å²) >= 11 is 0. The second-order valence-electron chi connectivity index (χ2n) is 15.6. The molecule has 1 saturated heterocycles. The lowest BCUT2D eigenvalue weighted by Crippen LogP contribution is -2.45. The maximum absolute atomic E-state index is 15.4. The van der Waals surface area contributed by atoms with Gasteiger partial charge in [0.1, 0.15) is 11.5 Å². The molecule has 0 saturated carbocycles. The van der Waals surface area contributed by atoms with Crippen LogP contribution in [-0.4, -0.2) is 94.8 Å². The Kier molecular flexibility index (Phi) is 11.3. The zero-order valence-electron chi connectivity index (χ0n) is 33.5. The fourth-order valence-electron chi connectivity index (χ4n) is 8.57. The molecule has 0 unspecified atom stereocenters. The maximum atomic E-state index is 15.4. The number of benzene rings is 4. The van der Waals surface area contributed by atoms with Gasteiger partial charge in [-0.2, -0.15) is 0 Å². The molecule has 3 aliphatic rings. The quantitative estimate of drug-likeness (QED) is 0.168. The monoisotopic (exact) mass is 781 g/mol. The summed E-state index contributed by atoms with van der Waals surface area (Å²) in [6, 6.07) is 30.0. The second kappa shape index (κ2) is 16.9. The number of phenolic OH excluding ortho intramolecular Hbond substituents is 1. The molecule has 300 valence electrons. The summed E-state index contributed by atoms with van der Waals surface area (Å²) in [6.07, 6.45) is 2.75. The van der Waals surface area contributed by atoms with Crippen LogP contribution in [0.1, 0.15) is 61.5 Å². The van der Waals surface area contributed by atoms with Crippen LogP contribution < -0.4 is 9.64 Å². The van der Waals surface area contributed by atoms with E-state index in [2.05, 4.69) is 34.1 Å². The van der Waals surface area contributed by atoms with Gasteiger partial charge in [-0.1, -0.05) is 42.5 Å². The normalized spacial score (nSPS) is 16.7. The van der Waals surface area contributed by atoms with Crippen molar-refractivity contribution in [1.29, 1.82) is 0 Å². The van der Waals surface area contributed by atoms with Gasteiger partial charge < -0.3 is 33.8 Å². The van der Waals surface area contributed by atoms with Gasteiger partial charge in [0.25, 0.3) is 11.8 Å². The first-order valence-electron chi connectivity index (χ1n) is 20.2. The minimum Gasteiger partial charge on any atom is -0.508 e. The molecule has 1 N–H and O–H groups in total. The number of ether oxygens (including phenoxy) is 2. The standard InChI is InChI=1S/C47H51N5O6/c1-32-41(45(54)49(3)37-15-17-39(53)18-16-37)29-44(48(32)2)42-27-34-19-21-51(47(56)58-40-13-5-4-6-14-40)30-36(34)28-43(42)46(55)52-31-35-11-8-7-10-33(35)26-38(52)12-9-20-50-22-24-57-25-23-50/h4-8,10-11,13-18,27-29,38,53H,9,12,19-26,30-31H2,1-3H3/t38-/m1/s1. The first-order chi connectivity index (χ1) is 28.1. The Morgan fingerprint density at radius 3 is 2.31 bits per heavy atom. The number of para-hydroxylation sites is 1. The fourth-order valence-corrected chi connectivity index (χ4v) is 8.57. The van der Waals surface area contributed by atoms with Crippen molar-refractivity contribution in [1.82, 2.24) is 19.3 Å². The fraction of sp³-hybridized carbons (Fsp3) is 0.340. The lowest BCUT2D eigenvalue weighted by atomic mass is 9.88. The third-order valence-corrected chi connectivity index (χ3v) is 12.1. The molecular weight excluding hydrogens is 731 g/mol. The van der Waals surface area contributed by atoms with Crippen LogP contribution in [0.3, 0.4) is 0 Å². The number of anilines is 1. The minimum atomic E-state index is -0.430. The second-order valence-corrected chi connectivity index (χ2v) is 15.6. The average molecular weight is 782 g/mol. The van der Waals surface area contributed by atoms with Crippen LogP contribution in [0, 0.1) is 6.92 Å². The van der Waals surface area contributed by atoms with E-state index in [0.717, 1.165) is 85.8 Å². The predicted octanol–water partition coefficient (Wildman–Crippen LogP) is 7.22. The van der Waals surface area contributed by atoms with E-state index in [4.69, 9.17) is 9.47 Å². The van der Waals surface area contributed by atoms with Crippen LogP contribution >= 0.6 is 0 Å². The van der Waals surface area contributed by atoms with Crippen LogP contribution in [0.5, 0.6) is 11.5 Å². The highest BCUT2D eigenvalue weighted by molar-refractivity contribution is 6.08. The van der Waals surface area contributed by atoms with E-state index in [1.807, 2.05) is 54.9 Å². The van der Waals surface area contributed by atoms with Gasteiger partial charge in [0, 0.05) is 81.1 Å². The minimum absolute atomic E-state index is 0.00378. The largest absolute Gasteiger partial charge is 0.508 e. The molecule has 4 aromatic carbocycles. The van der Waals surface area contributed by atoms with Gasteiger partial charge in [-0.3, -0.25) is 14.5 Å². The van der Waals surface area contributed by atoms with Crippen molar-refractivity contribution in [2.24, 2.45) is 7.05 Å². The molecule has 0 aliphatic carbocycles. The third kappa shape index (κ3) is 8.10. The van der Waals surface area contributed by atoms with E-state index in [1.165, 1.54) is 5.56 Å². The Morgan fingerprint density at radius 2 is 1.55 bits per heavy atom. The Bertz CT molecular complexity index is 2300. The van der Waals surface area contributed by atoms with E-state index in [0.29, 0.717) is 48.6 Å². The first-order valence-corrected chi connectivity index (χ1v) is 20.2. The van der Waals surface area contributed by atoms with Crippen molar-refractivity contribution in [2.75, 3.05) is 51.3 Å². The van der Waals surface area contributed by atoms with Gasteiger partial charge in [0.15, 0.2) is 0 Å². The Morgan fingerprint density at radius 1 is 0.828 bits per heavy atom. The van der Waals surface area contributed by atoms with Crippen molar-refractivity contribution in [3.8, 4) is 22.8 Å². The molecule has 0 radical (unpaired) electrons. The molecule has 58 heavy (non-hydrogen) atoms. The molecule has 1 fully saturated rings. The van der Waals surface area contributed by atoms with Gasteiger partial charge in [0.2, 0.25) is 0 Å². The summed E-state index contributed by atoms with van der Waals surface area (Å²) in [5, 5.41) is 9.85. The Labute approximate surface area is 340 Å². The van der Waals surface area contributed by atoms with Gasteiger partial charge in [-0.05, 0) is 116 Å². The smallest absolute Gasteiger partial charge is 0.415 e. The molecule has 8 rings (SSSR count). The summed E-state index contributed by atoms with van der Waals surface area (Å²) in [5.74, 6) is 0.340. The van der Waals surface area contributed by atoms with Gasteiger partial charge in [0.05, 0.1) is 18.8 Å². The molecule has 3 amide bonds. The Balaban J connectivity index is 1.16. The number of aromatic nitrogens is 1. The van der Waals surface area contributed by atoms with E-state index in [9.17, 15) is 14.7 Å². The lowest BCUT2D eigenvalue weighted by molar-refractivity contribution is 0.0353. The summed E-state index contributed by atoms with van der Waals surface area (Å²) in [4.78, 5) is 50.6. The van der Waals surface area contributed by atoms with Crippen LogP contribution in [0.15, 0.2) is 97.1 Å². The highest BCUT2D eigenvalue weighted by atomic mass is 16.6. The highest BCUT2D eigenvalue weighted by Gasteiger charge is 2.34. The Hall–Kier alpha value is -5.91. The van der Waals surface area contributed by atoms with Crippen molar-refractivity contribution in [3.05, 3.63) is 136 Å². The summed E-state index contributed by atoms with van der Waals surface area (Å²) in [5.41, 5.74) is 8.38. The molecule has 0 spiro atoms. The number of carbonyl (C=O) groups is 3. The van der Waals surface area contributed by atoms with Crippen molar-refractivity contribution >= 4 is 23.6 Å². The number of fused-ring (bicyclic) bond motifs is 2. The van der Waals surface area contributed by atoms with E-state index in [-0.39, 0.29) is 23.6 Å². The van der Waals surface area contributed by atoms with E-state index < -0.39 is 6.09 Å². The molecule has 1 aromatic heterocycles. The third-order valence-electron chi connectivity index (χ3n) is 12.1. The van der Waals surface area contributed by atoms with Gasteiger partial charge in [-0.25, -0.2) is 4.79 Å². The molecule has 3 aliphatic heterocycles. The highest BCUT2D eigenvalue weighted by Crippen LogP contribution is 2.36. The average Bonchev–Trinajstić information content (AvgIpc) is 3.55. The number of morpholine rings is 1.